The molecule has 7 nitrogen and oxygen atoms in total. The number of benzene rings is 1. The Bertz CT molecular complexity index is 1060. The molecular formula is C21H27N3O4S. The molecule has 0 spiro atoms. The summed E-state index contributed by atoms with van der Waals surface area (Å²) in [7, 11) is -1.40. The van der Waals surface area contributed by atoms with Crippen molar-refractivity contribution in [3.63, 3.8) is 0 Å². The molecule has 8 heteroatoms. The van der Waals surface area contributed by atoms with Gasteiger partial charge in [0.2, 0.25) is 10.0 Å². The molecule has 0 radical (unpaired) electrons. The van der Waals surface area contributed by atoms with E-state index < -0.39 is 10.0 Å². The number of oxazole rings is 1. The van der Waals surface area contributed by atoms with E-state index in [0.29, 0.717) is 35.4 Å². The van der Waals surface area contributed by atoms with E-state index in [-0.39, 0.29) is 17.2 Å². The Morgan fingerprint density at radius 3 is 2.72 bits per heavy atom. The topological polar surface area (TPSA) is 83.7 Å². The number of aryl methyl sites for hydroxylation is 1. The van der Waals surface area contributed by atoms with Crippen molar-refractivity contribution in [1.82, 2.24) is 14.2 Å². The molecule has 2 heterocycles. The zero-order chi connectivity index (χ0) is 20.3. The van der Waals surface area contributed by atoms with Crippen molar-refractivity contribution < 1.29 is 17.6 Å². The molecule has 1 saturated heterocycles. The van der Waals surface area contributed by atoms with E-state index in [9.17, 15) is 13.2 Å². The van der Waals surface area contributed by atoms with Gasteiger partial charge in [-0.25, -0.2) is 17.7 Å². The molecular weight excluding hydrogens is 390 g/mol. The highest BCUT2D eigenvalue weighted by molar-refractivity contribution is 7.90. The molecule has 2 saturated carbocycles. The highest BCUT2D eigenvalue weighted by Crippen LogP contribution is 2.42. The third-order valence-corrected chi connectivity index (χ3v) is 9.35. The van der Waals surface area contributed by atoms with Gasteiger partial charge in [-0.15, -0.1) is 0 Å². The number of nitrogens with zero attached hydrogens (tertiary/aromatic N) is 3. The Hall–Kier alpha value is -1.93. The standard InChI is InChI=1S/C21H27N3O4S/c1-13-22-19-6-3-15(11-20(19)28-13)21(25)24-8-7-14-9-17(10-16(14)12-24)23(2)29(26,27)18-4-5-18/h3,6,11,14,16-18H,4-5,7-10,12H2,1-2H3/t14-,16-,17+/m1/s1. The lowest BCUT2D eigenvalue weighted by Gasteiger charge is -2.35. The SMILES string of the molecule is Cc1nc2ccc(C(=O)N3CC[C@@H]4C[C@H](N(C)S(=O)(=O)C5CC5)C[C@@H]4C3)cc2o1. The minimum absolute atomic E-state index is 0.0156. The summed E-state index contributed by atoms with van der Waals surface area (Å²) in [6.07, 6.45) is 4.29. The van der Waals surface area contributed by atoms with Gasteiger partial charge in [0.1, 0.15) is 5.52 Å². The fourth-order valence-electron chi connectivity index (χ4n) is 5.10. The van der Waals surface area contributed by atoms with E-state index in [1.54, 1.807) is 24.3 Å². The predicted molar refractivity (Wildman–Crippen MR) is 109 cm³/mol. The second-order valence-corrected chi connectivity index (χ2v) is 11.1. The number of fused-ring (bicyclic) bond motifs is 2. The number of likely N-dealkylation sites (tertiary alicyclic amines) is 1. The number of sulfonamides is 1. The summed E-state index contributed by atoms with van der Waals surface area (Å²) in [5.74, 6) is 1.47. The first-order valence-electron chi connectivity index (χ1n) is 10.5. The number of piperidine rings is 1. The van der Waals surface area contributed by atoms with E-state index in [2.05, 4.69) is 4.98 Å². The molecule has 3 fully saturated rings. The fourth-order valence-corrected chi connectivity index (χ4v) is 6.89. The lowest BCUT2D eigenvalue weighted by Crippen LogP contribution is -2.42. The summed E-state index contributed by atoms with van der Waals surface area (Å²) < 4.78 is 32.4. The number of hydrogen-bond acceptors (Lipinski definition) is 5. The molecule has 3 atom stereocenters. The van der Waals surface area contributed by atoms with Gasteiger partial charge in [0, 0.05) is 38.7 Å². The van der Waals surface area contributed by atoms with Crippen LogP contribution in [0.4, 0.5) is 0 Å². The molecule has 3 aliphatic rings. The molecule has 0 bridgehead atoms. The van der Waals surface area contributed by atoms with Gasteiger partial charge < -0.3 is 9.32 Å². The van der Waals surface area contributed by atoms with Gasteiger partial charge in [-0.05, 0) is 62.1 Å². The highest BCUT2D eigenvalue weighted by Gasteiger charge is 2.46. The van der Waals surface area contributed by atoms with Gasteiger partial charge in [0.15, 0.2) is 11.5 Å². The maximum atomic E-state index is 13.1. The molecule has 1 aromatic heterocycles. The quantitative estimate of drug-likeness (QED) is 0.764. The zero-order valence-electron chi connectivity index (χ0n) is 16.9. The van der Waals surface area contributed by atoms with Crippen molar-refractivity contribution in [1.29, 1.82) is 0 Å². The summed E-state index contributed by atoms with van der Waals surface area (Å²) in [6, 6.07) is 5.48. The first-order chi connectivity index (χ1) is 13.8. The van der Waals surface area contributed by atoms with Crippen LogP contribution in [-0.2, 0) is 10.0 Å². The number of rotatable bonds is 4. The molecule has 1 aromatic carbocycles. The average Bonchev–Trinajstić information content (AvgIpc) is 3.38. The highest BCUT2D eigenvalue weighted by atomic mass is 32.2. The Balaban J connectivity index is 1.28. The number of aromatic nitrogens is 1. The first kappa shape index (κ1) is 19.1. The third-order valence-electron chi connectivity index (χ3n) is 6.93. The summed E-state index contributed by atoms with van der Waals surface area (Å²) in [6.45, 7) is 3.22. The molecule has 5 rings (SSSR count). The number of carbonyl (C=O) groups is 1. The van der Waals surface area contributed by atoms with Gasteiger partial charge in [-0.3, -0.25) is 4.79 Å². The van der Waals surface area contributed by atoms with Crippen LogP contribution in [0.3, 0.4) is 0 Å². The Morgan fingerprint density at radius 2 is 1.97 bits per heavy atom. The minimum atomic E-state index is -3.15. The van der Waals surface area contributed by atoms with Gasteiger partial charge in [-0.1, -0.05) is 0 Å². The Kier molecular flexibility index (Phi) is 4.47. The van der Waals surface area contributed by atoms with Crippen LogP contribution in [0.5, 0.6) is 0 Å². The van der Waals surface area contributed by atoms with Gasteiger partial charge >= 0.3 is 0 Å². The van der Waals surface area contributed by atoms with E-state index in [4.69, 9.17) is 4.42 Å². The number of hydrogen-bond donors (Lipinski definition) is 0. The van der Waals surface area contributed by atoms with Crippen LogP contribution in [0, 0.1) is 18.8 Å². The first-order valence-corrected chi connectivity index (χ1v) is 12.0. The number of carbonyl (C=O) groups excluding carboxylic acids is 1. The van der Waals surface area contributed by atoms with Crippen LogP contribution in [-0.4, -0.2) is 59.9 Å². The van der Waals surface area contributed by atoms with Crippen molar-refractivity contribution in [2.24, 2.45) is 11.8 Å². The molecule has 0 N–H and O–H groups in total. The molecule has 2 aliphatic carbocycles. The fraction of sp³-hybridized carbons (Fsp3) is 0.619. The van der Waals surface area contributed by atoms with Crippen molar-refractivity contribution in [3.05, 3.63) is 29.7 Å². The summed E-state index contributed by atoms with van der Waals surface area (Å²) in [4.78, 5) is 19.3. The number of amides is 1. The van der Waals surface area contributed by atoms with Crippen molar-refractivity contribution in [3.8, 4) is 0 Å². The molecule has 156 valence electrons. The van der Waals surface area contributed by atoms with Crippen molar-refractivity contribution in [2.45, 2.75) is 50.3 Å². The Labute approximate surface area is 171 Å². The van der Waals surface area contributed by atoms with Gasteiger partial charge in [-0.2, -0.15) is 0 Å². The van der Waals surface area contributed by atoms with Crippen LogP contribution < -0.4 is 0 Å². The van der Waals surface area contributed by atoms with Crippen molar-refractivity contribution in [2.75, 3.05) is 20.1 Å². The van der Waals surface area contributed by atoms with E-state index in [0.717, 1.165) is 44.2 Å². The predicted octanol–water partition coefficient (Wildman–Crippen LogP) is 2.80. The minimum Gasteiger partial charge on any atom is -0.441 e. The molecule has 0 unspecified atom stereocenters. The second-order valence-electron chi connectivity index (χ2n) is 8.86. The largest absolute Gasteiger partial charge is 0.441 e. The molecule has 1 aliphatic heterocycles. The van der Waals surface area contributed by atoms with Crippen LogP contribution in [0.15, 0.2) is 22.6 Å². The van der Waals surface area contributed by atoms with Gasteiger partial charge in [0.05, 0.1) is 5.25 Å². The lowest BCUT2D eigenvalue weighted by molar-refractivity contribution is 0.0627. The van der Waals surface area contributed by atoms with Crippen LogP contribution >= 0.6 is 0 Å². The Morgan fingerprint density at radius 1 is 1.21 bits per heavy atom. The second kappa shape index (κ2) is 6.80. The van der Waals surface area contributed by atoms with Crippen LogP contribution in [0.1, 0.15) is 48.4 Å². The maximum Gasteiger partial charge on any atom is 0.254 e. The van der Waals surface area contributed by atoms with Gasteiger partial charge in [0.25, 0.3) is 5.91 Å². The maximum absolute atomic E-state index is 13.1. The smallest absolute Gasteiger partial charge is 0.254 e. The normalized spacial score (nSPS) is 27.6. The zero-order valence-corrected chi connectivity index (χ0v) is 17.7. The van der Waals surface area contributed by atoms with E-state index in [1.165, 1.54) is 0 Å². The van der Waals surface area contributed by atoms with E-state index in [1.807, 2.05) is 17.0 Å². The summed E-state index contributed by atoms with van der Waals surface area (Å²) in [5.41, 5.74) is 2.02. The van der Waals surface area contributed by atoms with Crippen LogP contribution in [0.2, 0.25) is 0 Å². The molecule has 2 aromatic rings. The molecule has 29 heavy (non-hydrogen) atoms. The van der Waals surface area contributed by atoms with E-state index >= 15 is 0 Å². The third kappa shape index (κ3) is 3.36. The van der Waals surface area contributed by atoms with Crippen molar-refractivity contribution >= 4 is 27.0 Å². The monoisotopic (exact) mass is 417 g/mol. The lowest BCUT2D eigenvalue weighted by atomic mass is 9.88. The molecule has 1 amide bonds. The summed E-state index contributed by atoms with van der Waals surface area (Å²) in [5, 5.41) is -0.164. The van der Waals surface area contributed by atoms with Crippen LogP contribution in [0.25, 0.3) is 11.1 Å². The summed E-state index contributed by atoms with van der Waals surface area (Å²) >= 11 is 0. The average molecular weight is 418 g/mol.